The average molecular weight is 295 g/mol. The lowest BCUT2D eigenvalue weighted by atomic mass is 10.3. The van der Waals surface area contributed by atoms with Gasteiger partial charge in [-0.2, -0.15) is 0 Å². The van der Waals surface area contributed by atoms with Crippen molar-refractivity contribution in [3.8, 4) is 0 Å². The van der Waals surface area contributed by atoms with Crippen molar-refractivity contribution >= 4 is 27.3 Å². The molecule has 1 aromatic carbocycles. The number of anilines is 2. The molecule has 0 fully saturated rings. The Morgan fingerprint density at radius 3 is 2.45 bits per heavy atom. The molecule has 2 rings (SSSR count). The predicted molar refractivity (Wildman–Crippen MR) is 70.3 cm³/mol. The van der Waals surface area contributed by atoms with Gasteiger partial charge >= 0.3 is 5.69 Å². The number of nitrogens with two attached hydrogens (primary N) is 1. The maximum Gasteiger partial charge on any atom is 0.312 e. The van der Waals surface area contributed by atoms with Crippen molar-refractivity contribution in [1.29, 1.82) is 0 Å². The minimum Gasteiger partial charge on any atom is -0.393 e. The Kier molecular flexibility index (Phi) is 3.48. The van der Waals surface area contributed by atoms with E-state index in [1.165, 1.54) is 30.6 Å². The molecular formula is C10H9N5O4S. The number of nitrogens with one attached hydrogen (secondary N) is 1. The lowest BCUT2D eigenvalue weighted by Crippen LogP contribution is -2.17. The van der Waals surface area contributed by atoms with E-state index in [9.17, 15) is 18.5 Å². The Hall–Kier alpha value is -2.75. The van der Waals surface area contributed by atoms with Gasteiger partial charge in [0.25, 0.3) is 10.0 Å². The number of nitro benzene ring substituents is 1. The van der Waals surface area contributed by atoms with Crippen LogP contribution in [0.5, 0.6) is 0 Å². The largest absolute Gasteiger partial charge is 0.393 e. The number of hydrogen-bond acceptors (Lipinski definition) is 7. The summed E-state index contributed by atoms with van der Waals surface area (Å²) in [7, 11) is -4.21. The molecule has 0 unspecified atom stereocenters. The molecule has 0 amide bonds. The summed E-state index contributed by atoms with van der Waals surface area (Å²) in [5, 5.41) is 10.9. The molecule has 20 heavy (non-hydrogen) atoms. The van der Waals surface area contributed by atoms with Gasteiger partial charge in [-0.3, -0.25) is 10.1 Å². The van der Waals surface area contributed by atoms with E-state index in [1.54, 1.807) is 0 Å². The van der Waals surface area contributed by atoms with Gasteiger partial charge in [0.1, 0.15) is 5.69 Å². The maximum absolute atomic E-state index is 12.1. The summed E-state index contributed by atoms with van der Waals surface area (Å²) in [4.78, 5) is 16.9. The van der Waals surface area contributed by atoms with Gasteiger partial charge in [0.05, 0.1) is 4.92 Å². The van der Waals surface area contributed by atoms with Crippen LogP contribution in [0.2, 0.25) is 0 Å². The molecule has 0 atom stereocenters. The molecule has 0 saturated carbocycles. The molecule has 0 aliphatic carbocycles. The van der Waals surface area contributed by atoms with Crippen molar-refractivity contribution in [3.63, 3.8) is 0 Å². The second kappa shape index (κ2) is 5.09. The van der Waals surface area contributed by atoms with Crippen LogP contribution in [-0.4, -0.2) is 23.3 Å². The van der Waals surface area contributed by atoms with Crippen LogP contribution in [0.3, 0.4) is 0 Å². The smallest absolute Gasteiger partial charge is 0.312 e. The summed E-state index contributed by atoms with van der Waals surface area (Å²) < 4.78 is 26.3. The Bertz CT molecular complexity index is 747. The third-order valence-electron chi connectivity index (χ3n) is 2.29. The van der Waals surface area contributed by atoms with Gasteiger partial charge in [0, 0.05) is 12.4 Å². The Labute approximate surface area is 113 Å². The molecule has 0 saturated heterocycles. The van der Waals surface area contributed by atoms with Gasteiger partial charge in [-0.1, -0.05) is 6.07 Å². The number of sulfonamides is 1. The van der Waals surface area contributed by atoms with Crippen molar-refractivity contribution in [2.24, 2.45) is 0 Å². The second-order valence-corrected chi connectivity index (χ2v) is 5.28. The van der Waals surface area contributed by atoms with E-state index in [0.717, 1.165) is 6.07 Å². The van der Waals surface area contributed by atoms with Crippen LogP contribution in [0.25, 0.3) is 0 Å². The number of nitro groups is 1. The monoisotopic (exact) mass is 295 g/mol. The summed E-state index contributed by atoms with van der Waals surface area (Å²) >= 11 is 0. The molecule has 1 heterocycles. The summed E-state index contributed by atoms with van der Waals surface area (Å²) in [6.45, 7) is 0. The first-order valence-electron chi connectivity index (χ1n) is 5.24. The number of rotatable bonds is 4. The summed E-state index contributed by atoms with van der Waals surface area (Å²) in [6, 6.07) is 5.14. The summed E-state index contributed by atoms with van der Waals surface area (Å²) in [6.07, 6.45) is 2.66. The Morgan fingerprint density at radius 2 is 1.85 bits per heavy atom. The van der Waals surface area contributed by atoms with E-state index in [4.69, 9.17) is 5.73 Å². The minimum absolute atomic E-state index is 0.191. The third-order valence-corrected chi connectivity index (χ3v) is 3.65. The maximum atomic E-state index is 12.1. The van der Waals surface area contributed by atoms with Crippen LogP contribution < -0.4 is 10.5 Å². The lowest BCUT2D eigenvalue weighted by Gasteiger charge is -2.07. The van der Waals surface area contributed by atoms with Crippen LogP contribution in [0.1, 0.15) is 0 Å². The number of aromatic nitrogens is 2. The fourth-order valence-electron chi connectivity index (χ4n) is 1.48. The van der Waals surface area contributed by atoms with Crippen LogP contribution in [0.4, 0.5) is 17.3 Å². The Balaban J connectivity index is 2.50. The fraction of sp³-hybridized carbons (Fsp3) is 0. The van der Waals surface area contributed by atoms with E-state index in [0.29, 0.717) is 0 Å². The molecule has 2 aromatic rings. The molecule has 1 aromatic heterocycles. The molecule has 104 valence electrons. The summed E-state index contributed by atoms with van der Waals surface area (Å²) in [5.74, 6) is -0.191. The van der Waals surface area contributed by atoms with Crippen LogP contribution in [0.15, 0.2) is 41.6 Å². The van der Waals surface area contributed by atoms with Gasteiger partial charge in [0.2, 0.25) is 5.95 Å². The first-order valence-corrected chi connectivity index (χ1v) is 6.73. The third kappa shape index (κ3) is 2.64. The molecular weight excluding hydrogens is 286 g/mol. The van der Waals surface area contributed by atoms with Crippen molar-refractivity contribution in [2.75, 3.05) is 10.5 Å². The highest BCUT2D eigenvalue weighted by atomic mass is 32.2. The molecule has 0 aliphatic rings. The van der Waals surface area contributed by atoms with Gasteiger partial charge in [-0.05, 0) is 18.2 Å². The van der Waals surface area contributed by atoms with E-state index < -0.39 is 25.5 Å². The molecule has 0 bridgehead atoms. The van der Waals surface area contributed by atoms with Crippen molar-refractivity contribution in [1.82, 2.24) is 9.97 Å². The SMILES string of the molecule is Nc1cccc(S(=O)(=O)Nc2ncccn2)c1[N+](=O)[O-]. The van der Waals surface area contributed by atoms with Gasteiger partial charge in [0.15, 0.2) is 4.90 Å². The van der Waals surface area contributed by atoms with Crippen LogP contribution in [-0.2, 0) is 10.0 Å². The predicted octanol–water partition coefficient (Wildman–Crippen LogP) is 0.768. The number of hydrogen-bond donors (Lipinski definition) is 2. The van der Waals surface area contributed by atoms with Crippen molar-refractivity contribution in [3.05, 3.63) is 46.8 Å². The van der Waals surface area contributed by atoms with Gasteiger partial charge < -0.3 is 5.73 Å². The minimum atomic E-state index is -4.21. The molecule has 0 spiro atoms. The zero-order chi connectivity index (χ0) is 14.8. The first-order chi connectivity index (χ1) is 9.42. The van der Waals surface area contributed by atoms with E-state index in [2.05, 4.69) is 9.97 Å². The van der Waals surface area contributed by atoms with Crippen LogP contribution >= 0.6 is 0 Å². The van der Waals surface area contributed by atoms with Crippen LogP contribution in [0, 0.1) is 10.1 Å². The summed E-state index contributed by atoms with van der Waals surface area (Å²) in [5.41, 5.74) is 4.52. The second-order valence-electron chi connectivity index (χ2n) is 3.63. The normalized spacial score (nSPS) is 11.0. The van der Waals surface area contributed by atoms with Crippen molar-refractivity contribution in [2.45, 2.75) is 4.90 Å². The Morgan fingerprint density at radius 1 is 1.20 bits per heavy atom. The quantitative estimate of drug-likeness (QED) is 0.482. The zero-order valence-corrected chi connectivity index (χ0v) is 10.7. The standard InChI is InChI=1S/C10H9N5O4S/c11-7-3-1-4-8(9(7)15(16)17)20(18,19)14-10-12-5-2-6-13-10/h1-6H,11H2,(H,12,13,14). The molecule has 10 heteroatoms. The van der Waals surface area contributed by atoms with E-state index >= 15 is 0 Å². The first kappa shape index (κ1) is 13.7. The topological polar surface area (TPSA) is 141 Å². The highest BCUT2D eigenvalue weighted by Gasteiger charge is 2.28. The fourth-order valence-corrected chi connectivity index (χ4v) is 2.64. The molecule has 9 nitrogen and oxygen atoms in total. The number of nitrogens with zero attached hydrogens (tertiary/aromatic N) is 3. The zero-order valence-electron chi connectivity index (χ0n) is 9.92. The van der Waals surface area contributed by atoms with Gasteiger partial charge in [-0.25, -0.2) is 23.1 Å². The van der Waals surface area contributed by atoms with Gasteiger partial charge in [-0.15, -0.1) is 0 Å². The van der Waals surface area contributed by atoms with E-state index in [1.807, 2.05) is 4.72 Å². The lowest BCUT2D eigenvalue weighted by molar-refractivity contribution is -0.386. The molecule has 0 radical (unpaired) electrons. The molecule has 0 aliphatic heterocycles. The molecule has 3 N–H and O–H groups in total. The number of para-hydroxylation sites is 1. The highest BCUT2D eigenvalue weighted by molar-refractivity contribution is 7.92. The van der Waals surface area contributed by atoms with Crippen molar-refractivity contribution < 1.29 is 13.3 Å². The van der Waals surface area contributed by atoms with E-state index in [-0.39, 0.29) is 11.6 Å². The number of benzene rings is 1. The average Bonchev–Trinajstić information content (AvgIpc) is 2.38. The highest BCUT2D eigenvalue weighted by Crippen LogP contribution is 2.30. The number of nitrogen functional groups attached to an aromatic ring is 1.